The summed E-state index contributed by atoms with van der Waals surface area (Å²) in [7, 11) is 1.66. The largest absolute Gasteiger partial charge is 0.497 e. The Bertz CT molecular complexity index is 750. The molecular weight excluding hydrogens is 328 g/mol. The summed E-state index contributed by atoms with van der Waals surface area (Å²) in [6, 6.07) is 15.3. The average Bonchev–Trinajstić information content (AvgIpc) is 2.72. The van der Waals surface area contributed by atoms with Crippen LogP contribution in [0, 0.1) is 0 Å². The first kappa shape index (κ1) is 17.9. The molecule has 1 aliphatic rings. The predicted octanol–water partition coefficient (Wildman–Crippen LogP) is 3.22. The molecule has 0 spiro atoms. The third kappa shape index (κ3) is 4.17. The summed E-state index contributed by atoms with van der Waals surface area (Å²) in [5.41, 5.74) is 1.81. The minimum absolute atomic E-state index is 0.0448. The van der Waals surface area contributed by atoms with Crippen molar-refractivity contribution in [3.8, 4) is 11.5 Å². The Balaban J connectivity index is 1.60. The van der Waals surface area contributed by atoms with Crippen LogP contribution in [0.15, 0.2) is 61.2 Å². The molecule has 5 nitrogen and oxygen atoms in total. The number of methoxy groups -OCH3 is 1. The smallest absolute Gasteiger partial charge is 0.254 e. The van der Waals surface area contributed by atoms with Gasteiger partial charge in [-0.2, -0.15) is 0 Å². The molecule has 0 radical (unpaired) electrons. The number of benzene rings is 2. The number of amides is 1. The van der Waals surface area contributed by atoms with Crippen molar-refractivity contribution in [2.45, 2.75) is 0 Å². The molecule has 3 rings (SSSR count). The number of nitrogens with zero attached hydrogens (tertiary/aromatic N) is 2. The minimum atomic E-state index is 0.0448. The Morgan fingerprint density at radius 3 is 2.46 bits per heavy atom. The molecule has 0 unspecified atom stereocenters. The van der Waals surface area contributed by atoms with E-state index in [1.54, 1.807) is 19.3 Å². The first-order chi connectivity index (χ1) is 12.7. The highest BCUT2D eigenvalue weighted by Gasteiger charge is 2.22. The fourth-order valence-corrected chi connectivity index (χ4v) is 3.02. The van der Waals surface area contributed by atoms with Gasteiger partial charge in [0, 0.05) is 37.4 Å². The molecule has 2 aromatic rings. The number of hydrogen-bond acceptors (Lipinski definition) is 4. The molecule has 0 aromatic heterocycles. The lowest BCUT2D eigenvalue weighted by atomic mass is 10.1. The number of piperazine rings is 1. The van der Waals surface area contributed by atoms with E-state index < -0.39 is 0 Å². The van der Waals surface area contributed by atoms with Gasteiger partial charge in [-0.05, 0) is 42.5 Å². The van der Waals surface area contributed by atoms with E-state index in [1.165, 1.54) is 0 Å². The van der Waals surface area contributed by atoms with Crippen LogP contribution in [0.1, 0.15) is 10.4 Å². The van der Waals surface area contributed by atoms with Crippen LogP contribution in [0.5, 0.6) is 11.5 Å². The summed E-state index contributed by atoms with van der Waals surface area (Å²) < 4.78 is 10.7. The van der Waals surface area contributed by atoms with Gasteiger partial charge in [-0.3, -0.25) is 4.79 Å². The monoisotopic (exact) mass is 352 g/mol. The third-order valence-corrected chi connectivity index (χ3v) is 4.45. The molecule has 2 aromatic carbocycles. The van der Waals surface area contributed by atoms with Gasteiger partial charge in [0.2, 0.25) is 0 Å². The first-order valence-corrected chi connectivity index (χ1v) is 8.73. The maximum absolute atomic E-state index is 12.8. The molecule has 1 amide bonds. The topological polar surface area (TPSA) is 42.0 Å². The van der Waals surface area contributed by atoms with Crippen molar-refractivity contribution in [3.63, 3.8) is 0 Å². The number of anilines is 1. The molecule has 1 heterocycles. The van der Waals surface area contributed by atoms with Crippen molar-refractivity contribution < 1.29 is 14.3 Å². The number of rotatable bonds is 6. The van der Waals surface area contributed by atoms with Crippen LogP contribution in [-0.2, 0) is 0 Å². The van der Waals surface area contributed by atoms with E-state index in [9.17, 15) is 4.79 Å². The van der Waals surface area contributed by atoms with Crippen molar-refractivity contribution >= 4 is 11.6 Å². The maximum atomic E-state index is 12.8. The summed E-state index contributed by atoms with van der Waals surface area (Å²) in [5.74, 6) is 1.58. The minimum Gasteiger partial charge on any atom is -0.497 e. The van der Waals surface area contributed by atoms with Crippen molar-refractivity contribution in [2.75, 3.05) is 44.8 Å². The van der Waals surface area contributed by atoms with Gasteiger partial charge in [0.05, 0.1) is 7.11 Å². The Kier molecular flexibility index (Phi) is 5.79. The van der Waals surface area contributed by atoms with E-state index in [4.69, 9.17) is 9.47 Å². The zero-order valence-electron chi connectivity index (χ0n) is 15.1. The standard InChI is InChI=1S/C21H24N2O3/c1-3-15-26-20-6-4-5-17(16-20)21(24)23-13-11-22(12-14-23)18-7-9-19(25-2)10-8-18/h3-10,16H,1,11-15H2,2H3. The van der Waals surface area contributed by atoms with Crippen LogP contribution in [0.3, 0.4) is 0 Å². The molecular formula is C21H24N2O3. The summed E-state index contributed by atoms with van der Waals surface area (Å²) in [5, 5.41) is 0. The molecule has 0 N–H and O–H groups in total. The van der Waals surface area contributed by atoms with Gasteiger partial charge >= 0.3 is 0 Å². The Morgan fingerprint density at radius 2 is 1.81 bits per heavy atom. The van der Waals surface area contributed by atoms with Gasteiger partial charge in [-0.15, -0.1) is 0 Å². The number of ether oxygens (including phenoxy) is 2. The highest BCUT2D eigenvalue weighted by molar-refractivity contribution is 5.94. The fraction of sp³-hybridized carbons (Fsp3) is 0.286. The fourth-order valence-electron chi connectivity index (χ4n) is 3.02. The van der Waals surface area contributed by atoms with E-state index in [0.29, 0.717) is 31.0 Å². The molecule has 1 fully saturated rings. The first-order valence-electron chi connectivity index (χ1n) is 8.73. The highest BCUT2D eigenvalue weighted by Crippen LogP contribution is 2.21. The van der Waals surface area contributed by atoms with Gasteiger partial charge in [-0.25, -0.2) is 0 Å². The molecule has 1 saturated heterocycles. The third-order valence-electron chi connectivity index (χ3n) is 4.45. The zero-order valence-corrected chi connectivity index (χ0v) is 15.1. The van der Waals surface area contributed by atoms with E-state index in [-0.39, 0.29) is 5.91 Å². The van der Waals surface area contributed by atoms with E-state index in [2.05, 4.69) is 23.6 Å². The molecule has 0 saturated carbocycles. The average molecular weight is 352 g/mol. The van der Waals surface area contributed by atoms with Crippen molar-refractivity contribution in [1.29, 1.82) is 0 Å². The SMILES string of the molecule is C=CCOc1cccc(C(=O)N2CCN(c3ccc(OC)cc3)CC2)c1. The van der Waals surface area contributed by atoms with Gasteiger partial charge in [0.25, 0.3) is 5.91 Å². The van der Waals surface area contributed by atoms with Crippen LogP contribution in [0.25, 0.3) is 0 Å². The Hall–Kier alpha value is -2.95. The van der Waals surface area contributed by atoms with Gasteiger partial charge in [0.1, 0.15) is 18.1 Å². The van der Waals surface area contributed by atoms with E-state index in [1.807, 2.05) is 35.2 Å². The Morgan fingerprint density at radius 1 is 1.08 bits per heavy atom. The summed E-state index contributed by atoms with van der Waals surface area (Å²) in [4.78, 5) is 16.9. The maximum Gasteiger partial charge on any atom is 0.254 e. The van der Waals surface area contributed by atoms with Gasteiger partial charge in [0.15, 0.2) is 0 Å². The van der Waals surface area contributed by atoms with Crippen LogP contribution >= 0.6 is 0 Å². The Labute approximate surface area is 154 Å². The van der Waals surface area contributed by atoms with Gasteiger partial charge in [-0.1, -0.05) is 18.7 Å². The van der Waals surface area contributed by atoms with Crippen molar-refractivity contribution in [3.05, 3.63) is 66.7 Å². The highest BCUT2D eigenvalue weighted by atomic mass is 16.5. The molecule has 136 valence electrons. The van der Waals surface area contributed by atoms with E-state index in [0.717, 1.165) is 24.5 Å². The van der Waals surface area contributed by atoms with Gasteiger partial charge < -0.3 is 19.3 Å². The summed E-state index contributed by atoms with van der Waals surface area (Å²) in [6.07, 6.45) is 1.69. The second-order valence-electron chi connectivity index (χ2n) is 6.10. The molecule has 1 aliphatic heterocycles. The quantitative estimate of drug-likeness (QED) is 0.749. The second kappa shape index (κ2) is 8.43. The molecule has 26 heavy (non-hydrogen) atoms. The van der Waals surface area contributed by atoms with Crippen LogP contribution in [-0.4, -0.2) is 50.7 Å². The molecule has 0 bridgehead atoms. The lowest BCUT2D eigenvalue weighted by Gasteiger charge is -2.36. The number of hydrogen-bond donors (Lipinski definition) is 0. The molecule has 0 atom stereocenters. The second-order valence-corrected chi connectivity index (χ2v) is 6.10. The lowest BCUT2D eigenvalue weighted by molar-refractivity contribution is 0.0746. The molecule has 5 heteroatoms. The van der Waals surface area contributed by atoms with Crippen LogP contribution < -0.4 is 14.4 Å². The summed E-state index contributed by atoms with van der Waals surface area (Å²) >= 11 is 0. The molecule has 0 aliphatic carbocycles. The zero-order chi connectivity index (χ0) is 18.4. The van der Waals surface area contributed by atoms with Crippen LogP contribution in [0.4, 0.5) is 5.69 Å². The van der Waals surface area contributed by atoms with E-state index >= 15 is 0 Å². The predicted molar refractivity (Wildman–Crippen MR) is 103 cm³/mol. The number of carbonyl (C=O) groups is 1. The normalized spacial score (nSPS) is 14.0. The lowest BCUT2D eigenvalue weighted by Crippen LogP contribution is -2.48. The van der Waals surface area contributed by atoms with Crippen LogP contribution in [0.2, 0.25) is 0 Å². The van der Waals surface area contributed by atoms with Crippen molar-refractivity contribution in [1.82, 2.24) is 4.90 Å². The summed E-state index contributed by atoms with van der Waals surface area (Å²) in [6.45, 7) is 7.08. The number of carbonyl (C=O) groups excluding carboxylic acids is 1. The van der Waals surface area contributed by atoms with Crippen molar-refractivity contribution in [2.24, 2.45) is 0 Å².